The highest BCUT2D eigenvalue weighted by atomic mass is 16.5. The number of furan rings is 1. The number of aryl methyl sites for hydroxylation is 1. The number of para-hydroxylation sites is 1. The van der Waals surface area contributed by atoms with Gasteiger partial charge < -0.3 is 14.1 Å². The lowest BCUT2D eigenvalue weighted by molar-refractivity contribution is 0.104. The summed E-state index contributed by atoms with van der Waals surface area (Å²) in [6.07, 6.45) is 0. The van der Waals surface area contributed by atoms with Crippen molar-refractivity contribution in [2.75, 3.05) is 26.2 Å². The summed E-state index contributed by atoms with van der Waals surface area (Å²) in [7, 11) is 0. The Bertz CT molecular complexity index is 1190. The van der Waals surface area contributed by atoms with Crippen LogP contribution in [0.3, 0.4) is 0 Å². The van der Waals surface area contributed by atoms with E-state index in [1.54, 1.807) is 0 Å². The van der Waals surface area contributed by atoms with Crippen LogP contribution >= 0.6 is 0 Å². The quantitative estimate of drug-likeness (QED) is 0.292. The summed E-state index contributed by atoms with van der Waals surface area (Å²) in [5.41, 5.74) is 3.98. The number of hydrogen-bond donors (Lipinski definition) is 0. The number of hydrogen-bond acceptors (Lipinski definition) is 4. The Hall–Kier alpha value is -3.37. The van der Waals surface area contributed by atoms with Crippen molar-refractivity contribution >= 4 is 16.8 Å². The van der Waals surface area contributed by atoms with E-state index in [1.807, 2.05) is 79.7 Å². The molecule has 4 aromatic rings. The Morgan fingerprint density at radius 2 is 1.59 bits per heavy atom. The summed E-state index contributed by atoms with van der Waals surface area (Å²) in [5, 5.41) is 0.827. The molecule has 0 radical (unpaired) electrons. The summed E-state index contributed by atoms with van der Waals surface area (Å²) >= 11 is 0. The van der Waals surface area contributed by atoms with E-state index in [-0.39, 0.29) is 5.78 Å². The number of ether oxygens (including phenoxy) is 1. The molecule has 0 fully saturated rings. The number of ketones is 1. The molecule has 0 unspecified atom stereocenters. The topological polar surface area (TPSA) is 42.7 Å². The third kappa shape index (κ3) is 4.61. The lowest BCUT2D eigenvalue weighted by Gasteiger charge is -2.18. The van der Waals surface area contributed by atoms with Crippen molar-refractivity contribution in [3.8, 4) is 17.1 Å². The monoisotopic (exact) mass is 427 g/mol. The normalized spacial score (nSPS) is 11.2. The summed E-state index contributed by atoms with van der Waals surface area (Å²) in [5.74, 6) is 1.32. The molecule has 1 heterocycles. The van der Waals surface area contributed by atoms with Crippen molar-refractivity contribution in [2.45, 2.75) is 20.8 Å². The van der Waals surface area contributed by atoms with Gasteiger partial charge >= 0.3 is 0 Å². The highest BCUT2D eigenvalue weighted by Gasteiger charge is 2.23. The van der Waals surface area contributed by atoms with Crippen molar-refractivity contribution in [1.82, 2.24) is 4.90 Å². The van der Waals surface area contributed by atoms with Gasteiger partial charge in [0.15, 0.2) is 5.78 Å². The van der Waals surface area contributed by atoms with E-state index in [0.29, 0.717) is 29.1 Å². The molecule has 4 rings (SSSR count). The van der Waals surface area contributed by atoms with E-state index >= 15 is 0 Å². The molecular formula is C28H29NO3. The zero-order chi connectivity index (χ0) is 22.5. The molecule has 0 spiro atoms. The number of carbonyl (C=O) groups is 1. The van der Waals surface area contributed by atoms with Crippen molar-refractivity contribution in [3.05, 3.63) is 89.5 Å². The second-order valence-electron chi connectivity index (χ2n) is 7.90. The third-order valence-electron chi connectivity index (χ3n) is 5.82. The molecular weight excluding hydrogens is 398 g/mol. The molecule has 0 saturated carbocycles. The molecule has 164 valence electrons. The Kier molecular flexibility index (Phi) is 6.72. The second kappa shape index (κ2) is 9.84. The Morgan fingerprint density at radius 1 is 0.906 bits per heavy atom. The van der Waals surface area contributed by atoms with Gasteiger partial charge in [-0.05, 0) is 50.3 Å². The lowest BCUT2D eigenvalue weighted by atomic mass is 9.97. The van der Waals surface area contributed by atoms with Crippen LogP contribution in [0.15, 0.2) is 77.2 Å². The van der Waals surface area contributed by atoms with E-state index in [2.05, 4.69) is 18.7 Å². The zero-order valence-electron chi connectivity index (χ0n) is 18.9. The van der Waals surface area contributed by atoms with Crippen LogP contribution in [0, 0.1) is 6.92 Å². The molecule has 0 aliphatic rings. The van der Waals surface area contributed by atoms with Gasteiger partial charge in [0.2, 0.25) is 0 Å². The summed E-state index contributed by atoms with van der Waals surface area (Å²) in [4.78, 5) is 15.9. The molecule has 0 aliphatic carbocycles. The molecule has 0 aliphatic heterocycles. The number of rotatable bonds is 9. The van der Waals surface area contributed by atoms with Gasteiger partial charge in [-0.25, -0.2) is 0 Å². The summed E-state index contributed by atoms with van der Waals surface area (Å²) in [6.45, 7) is 9.86. The first kappa shape index (κ1) is 21.8. The van der Waals surface area contributed by atoms with Crippen LogP contribution in [0.4, 0.5) is 0 Å². The van der Waals surface area contributed by atoms with Crippen molar-refractivity contribution in [2.24, 2.45) is 0 Å². The first-order valence-electron chi connectivity index (χ1n) is 11.2. The first-order valence-corrected chi connectivity index (χ1v) is 11.2. The molecule has 0 bridgehead atoms. The fourth-order valence-corrected chi connectivity index (χ4v) is 3.86. The Labute approximate surface area is 189 Å². The maximum Gasteiger partial charge on any atom is 0.197 e. The Balaban J connectivity index is 1.61. The van der Waals surface area contributed by atoms with Crippen LogP contribution in [-0.4, -0.2) is 36.9 Å². The van der Waals surface area contributed by atoms with Gasteiger partial charge in [-0.15, -0.1) is 0 Å². The van der Waals surface area contributed by atoms with Gasteiger partial charge in [0.25, 0.3) is 0 Å². The van der Waals surface area contributed by atoms with Crippen LogP contribution in [-0.2, 0) is 0 Å². The van der Waals surface area contributed by atoms with Crippen LogP contribution in [0.1, 0.15) is 35.3 Å². The average Bonchev–Trinajstić information content (AvgIpc) is 3.22. The molecule has 4 nitrogen and oxygen atoms in total. The van der Waals surface area contributed by atoms with Gasteiger partial charge in [0, 0.05) is 23.1 Å². The number of benzene rings is 3. The Morgan fingerprint density at radius 3 is 2.28 bits per heavy atom. The van der Waals surface area contributed by atoms with Crippen molar-refractivity contribution < 1.29 is 13.9 Å². The molecule has 0 amide bonds. The van der Waals surface area contributed by atoms with Crippen molar-refractivity contribution in [3.63, 3.8) is 0 Å². The van der Waals surface area contributed by atoms with Gasteiger partial charge in [-0.2, -0.15) is 0 Å². The minimum atomic E-state index is -0.0554. The van der Waals surface area contributed by atoms with E-state index < -0.39 is 0 Å². The molecule has 32 heavy (non-hydrogen) atoms. The van der Waals surface area contributed by atoms with Crippen molar-refractivity contribution in [1.29, 1.82) is 0 Å². The van der Waals surface area contributed by atoms with Crippen LogP contribution in [0.2, 0.25) is 0 Å². The van der Waals surface area contributed by atoms with Gasteiger partial charge in [0.1, 0.15) is 23.7 Å². The van der Waals surface area contributed by atoms with E-state index in [1.165, 1.54) is 0 Å². The first-order chi connectivity index (χ1) is 15.6. The van der Waals surface area contributed by atoms with Gasteiger partial charge in [0.05, 0.1) is 5.56 Å². The predicted molar refractivity (Wildman–Crippen MR) is 130 cm³/mol. The standard InChI is InChI=1S/C28H29NO3/c1-4-29(5-2)18-19-31-23-16-14-21(15-17-23)27(30)26-24-8-6-7-9-25(24)32-28(26)22-12-10-20(3)11-13-22/h6-17H,4-5,18-19H2,1-3H3. The fourth-order valence-electron chi connectivity index (χ4n) is 3.86. The van der Waals surface area contributed by atoms with Gasteiger partial charge in [-0.1, -0.05) is 61.9 Å². The average molecular weight is 428 g/mol. The predicted octanol–water partition coefficient (Wildman–Crippen LogP) is 6.36. The second-order valence-corrected chi connectivity index (χ2v) is 7.90. The molecule has 1 aromatic heterocycles. The third-order valence-corrected chi connectivity index (χ3v) is 5.82. The highest BCUT2D eigenvalue weighted by Crippen LogP contribution is 2.35. The smallest absolute Gasteiger partial charge is 0.197 e. The minimum Gasteiger partial charge on any atom is -0.492 e. The number of likely N-dealkylation sites (N-methyl/N-ethyl adjacent to an activating group) is 1. The fraction of sp³-hybridized carbons (Fsp3) is 0.250. The molecule has 4 heteroatoms. The number of fused-ring (bicyclic) bond motifs is 1. The molecule has 0 atom stereocenters. The minimum absolute atomic E-state index is 0.0554. The number of nitrogens with zero attached hydrogens (tertiary/aromatic N) is 1. The SMILES string of the molecule is CCN(CC)CCOc1ccc(C(=O)c2c(-c3ccc(C)cc3)oc3ccccc23)cc1. The largest absolute Gasteiger partial charge is 0.492 e. The van der Waals surface area contributed by atoms with Crippen LogP contribution in [0.25, 0.3) is 22.3 Å². The summed E-state index contributed by atoms with van der Waals surface area (Å²) < 4.78 is 12.0. The highest BCUT2D eigenvalue weighted by molar-refractivity contribution is 6.19. The molecule has 0 N–H and O–H groups in total. The zero-order valence-corrected chi connectivity index (χ0v) is 18.9. The van der Waals surface area contributed by atoms with E-state index in [0.717, 1.165) is 41.9 Å². The maximum absolute atomic E-state index is 13.6. The summed E-state index contributed by atoms with van der Waals surface area (Å²) in [6, 6.07) is 23.1. The number of carbonyl (C=O) groups excluding carboxylic acids is 1. The van der Waals surface area contributed by atoms with E-state index in [4.69, 9.17) is 9.15 Å². The van der Waals surface area contributed by atoms with Crippen LogP contribution in [0.5, 0.6) is 5.75 Å². The molecule has 0 saturated heterocycles. The van der Waals surface area contributed by atoms with E-state index in [9.17, 15) is 4.79 Å². The maximum atomic E-state index is 13.6. The lowest BCUT2D eigenvalue weighted by Crippen LogP contribution is -2.27. The van der Waals surface area contributed by atoms with Gasteiger partial charge in [-0.3, -0.25) is 4.79 Å². The molecule has 3 aromatic carbocycles. The van der Waals surface area contributed by atoms with Crippen LogP contribution < -0.4 is 4.74 Å².